The molecule has 0 fully saturated rings. The van der Waals surface area contributed by atoms with Crippen LogP contribution in [-0.4, -0.2) is 21.2 Å². The fourth-order valence-electron chi connectivity index (χ4n) is 4.92. The van der Waals surface area contributed by atoms with Crippen molar-refractivity contribution in [3.05, 3.63) is 111 Å². The number of phenolic OH excluding ortho intramolecular Hbond substituents is 1. The summed E-state index contributed by atoms with van der Waals surface area (Å²) in [6, 6.07) is 22.3. The van der Waals surface area contributed by atoms with E-state index in [1.807, 2.05) is 37.3 Å². The maximum Gasteiger partial charge on any atom is 0.336 e. The molecule has 1 aliphatic heterocycles. The van der Waals surface area contributed by atoms with Crippen molar-refractivity contribution in [3.8, 4) is 28.2 Å². The number of hydrogen-bond acceptors (Lipinski definition) is 6. The number of rotatable bonds is 5. The lowest BCUT2D eigenvalue weighted by Gasteiger charge is -2.19. The van der Waals surface area contributed by atoms with Crippen LogP contribution in [0.2, 0.25) is 5.02 Å². The van der Waals surface area contributed by atoms with Gasteiger partial charge in [0.15, 0.2) is 0 Å². The summed E-state index contributed by atoms with van der Waals surface area (Å²) in [6.45, 7) is 2.09. The minimum absolute atomic E-state index is 0.00877. The van der Waals surface area contributed by atoms with E-state index in [9.17, 15) is 19.8 Å². The number of phenols is 1. The number of benzene rings is 4. The van der Waals surface area contributed by atoms with Crippen LogP contribution in [0.5, 0.6) is 5.75 Å². The highest BCUT2D eigenvalue weighted by molar-refractivity contribution is 6.31. The van der Waals surface area contributed by atoms with Crippen LogP contribution in [0.25, 0.3) is 44.3 Å². The maximum absolute atomic E-state index is 12.5. The second-order valence-electron chi connectivity index (χ2n) is 9.23. The maximum atomic E-state index is 12.5. The smallest absolute Gasteiger partial charge is 0.336 e. The number of anilines is 1. The van der Waals surface area contributed by atoms with Crippen molar-refractivity contribution < 1.29 is 19.4 Å². The summed E-state index contributed by atoms with van der Waals surface area (Å²) in [5.41, 5.74) is 4.31. The summed E-state index contributed by atoms with van der Waals surface area (Å²) in [5, 5.41) is 25.7. The monoisotopic (exact) mass is 536 g/mol. The van der Waals surface area contributed by atoms with Crippen molar-refractivity contribution in [2.24, 2.45) is 0 Å². The van der Waals surface area contributed by atoms with Gasteiger partial charge in [0.25, 0.3) is 0 Å². The Hall–Kier alpha value is -4.88. The number of fused-ring (bicyclic) bond motifs is 3. The molecule has 3 N–H and O–H groups in total. The molecule has 0 amide bonds. The molecule has 0 radical (unpaired) electrons. The molecule has 1 aliphatic carbocycles. The van der Waals surface area contributed by atoms with E-state index in [0.717, 1.165) is 22.3 Å². The molecule has 8 heteroatoms. The number of aromatic hydroxyl groups is 1. The third-order valence-electron chi connectivity index (χ3n) is 6.76. The second-order valence-corrected chi connectivity index (χ2v) is 9.64. The molecule has 0 atom stereocenters. The van der Waals surface area contributed by atoms with Crippen molar-refractivity contribution in [1.82, 2.24) is 4.98 Å². The highest BCUT2D eigenvalue weighted by atomic mass is 35.5. The number of carbonyl (C=O) groups is 1. The highest BCUT2D eigenvalue weighted by Crippen LogP contribution is 2.44. The second kappa shape index (κ2) is 9.45. The molecule has 192 valence electrons. The van der Waals surface area contributed by atoms with Crippen LogP contribution >= 0.6 is 11.6 Å². The lowest BCUT2D eigenvalue weighted by Crippen LogP contribution is -2.06. The number of carboxylic acid groups (broad SMARTS) is 1. The van der Waals surface area contributed by atoms with Gasteiger partial charge in [0, 0.05) is 40.2 Å². The number of halogens is 1. The normalized spacial score (nSPS) is 11.3. The summed E-state index contributed by atoms with van der Waals surface area (Å²) >= 11 is 6.21. The molecule has 7 nitrogen and oxygen atoms in total. The fraction of sp³-hybridized carbons (Fsp3) is 0.0645. The molecule has 0 saturated carbocycles. The van der Waals surface area contributed by atoms with Gasteiger partial charge >= 0.3 is 5.97 Å². The molecule has 0 bridgehead atoms. The van der Waals surface area contributed by atoms with Crippen molar-refractivity contribution in [1.29, 1.82) is 0 Å². The van der Waals surface area contributed by atoms with E-state index in [0.29, 0.717) is 33.2 Å². The van der Waals surface area contributed by atoms with Crippen LogP contribution in [-0.2, 0) is 6.54 Å². The number of nitrogens with zero attached hydrogens (tertiary/aromatic N) is 1. The zero-order valence-electron chi connectivity index (χ0n) is 20.7. The van der Waals surface area contributed by atoms with Gasteiger partial charge in [0.1, 0.15) is 17.1 Å². The molecule has 0 saturated heterocycles. The molecule has 39 heavy (non-hydrogen) atoms. The molecule has 4 aromatic rings. The van der Waals surface area contributed by atoms with Crippen LogP contribution in [0.15, 0.2) is 88.1 Å². The van der Waals surface area contributed by atoms with Crippen LogP contribution < -0.4 is 10.7 Å². The molecule has 3 aromatic carbocycles. The van der Waals surface area contributed by atoms with E-state index >= 15 is 0 Å². The van der Waals surface area contributed by atoms with Crippen molar-refractivity contribution in [3.63, 3.8) is 0 Å². The predicted octanol–water partition coefficient (Wildman–Crippen LogP) is 7.09. The van der Waals surface area contributed by atoms with Crippen molar-refractivity contribution >= 4 is 45.1 Å². The minimum Gasteiger partial charge on any atom is -0.507 e. The summed E-state index contributed by atoms with van der Waals surface area (Å²) in [5.74, 6) is -0.892. The van der Waals surface area contributed by atoms with Gasteiger partial charge in [0.05, 0.1) is 27.4 Å². The number of aromatic nitrogens is 1. The molecular formula is C31H21ClN2O5. The lowest BCUT2D eigenvalue weighted by molar-refractivity contribution is 0.0697. The summed E-state index contributed by atoms with van der Waals surface area (Å²) in [6.07, 6.45) is 0. The third kappa shape index (κ3) is 4.23. The van der Waals surface area contributed by atoms with E-state index in [1.54, 1.807) is 30.3 Å². The SMILES string of the molecule is Cc1ccc2cccc(NCc3c(O)ccc4c(-c5ccccc5C(=O)O)c5cc(Cl)c(=O)cc-5oc34)c2n1. The number of aromatic carboxylic acids is 1. The summed E-state index contributed by atoms with van der Waals surface area (Å²) < 4.78 is 6.23. The quantitative estimate of drug-likeness (QED) is 0.201. The van der Waals surface area contributed by atoms with E-state index in [1.165, 1.54) is 18.2 Å². The summed E-state index contributed by atoms with van der Waals surface area (Å²) in [7, 11) is 0. The average Bonchev–Trinajstić information content (AvgIpc) is 2.92. The molecule has 6 rings (SSSR count). The Balaban J connectivity index is 1.60. The van der Waals surface area contributed by atoms with Gasteiger partial charge in [-0.2, -0.15) is 0 Å². The van der Waals surface area contributed by atoms with Crippen LogP contribution in [0, 0.1) is 6.92 Å². The van der Waals surface area contributed by atoms with E-state index in [2.05, 4.69) is 10.3 Å². The largest absolute Gasteiger partial charge is 0.507 e. The minimum atomic E-state index is -1.10. The highest BCUT2D eigenvalue weighted by Gasteiger charge is 2.24. The van der Waals surface area contributed by atoms with Crippen LogP contribution in [0.1, 0.15) is 21.6 Å². The van der Waals surface area contributed by atoms with E-state index < -0.39 is 11.4 Å². The number of aryl methyl sites for hydroxylation is 1. The van der Waals surface area contributed by atoms with E-state index in [-0.39, 0.29) is 28.6 Å². The average molecular weight is 537 g/mol. The zero-order valence-corrected chi connectivity index (χ0v) is 21.4. The molecular weight excluding hydrogens is 516 g/mol. The standard InChI is InChI=1S/C31H21ClN2O5/c1-16-9-10-17-5-4-8-24(29(17)34-16)33-15-22-25(35)12-11-20-28(18-6-2-3-7-19(18)31(37)38)21-13-23(32)26(36)14-27(21)39-30(20)22/h2-14,33,35H,15H2,1H3,(H,37,38). The number of carboxylic acids is 1. The molecule has 0 unspecified atom stereocenters. The van der Waals surface area contributed by atoms with Gasteiger partial charge < -0.3 is 19.9 Å². The fourth-order valence-corrected chi connectivity index (χ4v) is 5.08. The third-order valence-corrected chi connectivity index (χ3v) is 7.06. The Bertz CT molecular complexity index is 1960. The zero-order chi connectivity index (χ0) is 27.3. The van der Waals surface area contributed by atoms with Crippen molar-refractivity contribution in [2.45, 2.75) is 13.5 Å². The Kier molecular flexibility index (Phi) is 5.93. The van der Waals surface area contributed by atoms with Gasteiger partial charge in [-0.3, -0.25) is 9.78 Å². The van der Waals surface area contributed by atoms with Gasteiger partial charge in [-0.05, 0) is 48.9 Å². The Morgan fingerprint density at radius 3 is 2.64 bits per heavy atom. The first-order chi connectivity index (χ1) is 18.8. The summed E-state index contributed by atoms with van der Waals surface area (Å²) in [4.78, 5) is 29.3. The van der Waals surface area contributed by atoms with Crippen LogP contribution in [0.4, 0.5) is 5.69 Å². The topological polar surface area (TPSA) is 113 Å². The van der Waals surface area contributed by atoms with Gasteiger partial charge in [-0.25, -0.2) is 4.79 Å². The predicted molar refractivity (Wildman–Crippen MR) is 152 cm³/mol. The Morgan fingerprint density at radius 2 is 1.82 bits per heavy atom. The van der Waals surface area contributed by atoms with Gasteiger partial charge in [-0.15, -0.1) is 0 Å². The molecule has 2 aliphatic rings. The van der Waals surface area contributed by atoms with Crippen LogP contribution in [0.3, 0.4) is 0 Å². The number of pyridine rings is 1. The first kappa shape index (κ1) is 24.5. The molecule has 0 spiro atoms. The number of nitrogens with one attached hydrogen (secondary N) is 1. The molecule has 2 heterocycles. The number of para-hydroxylation sites is 1. The Labute approximate surface area is 227 Å². The Morgan fingerprint density at radius 1 is 1.00 bits per heavy atom. The van der Waals surface area contributed by atoms with Gasteiger partial charge in [0.2, 0.25) is 5.43 Å². The first-order valence-electron chi connectivity index (χ1n) is 12.2. The van der Waals surface area contributed by atoms with Gasteiger partial charge in [-0.1, -0.05) is 48.0 Å². The lowest BCUT2D eigenvalue weighted by atomic mass is 9.90. The van der Waals surface area contributed by atoms with E-state index in [4.69, 9.17) is 16.0 Å². The van der Waals surface area contributed by atoms with Crippen molar-refractivity contribution in [2.75, 3.05) is 5.32 Å². The molecule has 1 aromatic heterocycles. The first-order valence-corrected chi connectivity index (χ1v) is 12.5. The number of hydrogen-bond donors (Lipinski definition) is 3.